The second kappa shape index (κ2) is 7.86. The second-order valence-electron chi connectivity index (χ2n) is 7.01. The standard InChI is InChI=1S/C25H24NP/c1-21-17-18-22(26-19-21)20-27(23-11-5-2-6-12-23,24-13-7-3-8-14-24)25-15-9-4-10-16-25/h2-19,27H,20H2,1H3. The van der Waals surface area contributed by atoms with E-state index in [0.717, 1.165) is 11.9 Å². The number of hydrogen-bond donors (Lipinski definition) is 0. The van der Waals surface area contributed by atoms with Crippen LogP contribution in [0.4, 0.5) is 0 Å². The molecule has 0 bridgehead atoms. The van der Waals surface area contributed by atoms with E-state index in [1.165, 1.54) is 21.5 Å². The summed E-state index contributed by atoms with van der Waals surface area (Å²) in [4.78, 5) is 4.77. The van der Waals surface area contributed by atoms with Crippen LogP contribution in [0.1, 0.15) is 11.3 Å². The zero-order chi connectivity index (χ0) is 18.5. The van der Waals surface area contributed by atoms with Crippen molar-refractivity contribution in [1.82, 2.24) is 4.98 Å². The van der Waals surface area contributed by atoms with Crippen molar-refractivity contribution in [2.45, 2.75) is 13.1 Å². The third-order valence-electron chi connectivity index (χ3n) is 5.22. The molecule has 0 aliphatic rings. The molecule has 0 spiro atoms. The van der Waals surface area contributed by atoms with E-state index in [0.29, 0.717) is 0 Å². The van der Waals surface area contributed by atoms with Crippen LogP contribution in [0, 0.1) is 6.92 Å². The van der Waals surface area contributed by atoms with Crippen LogP contribution < -0.4 is 15.9 Å². The Morgan fingerprint density at radius 3 is 1.41 bits per heavy atom. The monoisotopic (exact) mass is 369 g/mol. The molecule has 27 heavy (non-hydrogen) atoms. The molecule has 1 nitrogen and oxygen atoms in total. The molecule has 4 aromatic rings. The van der Waals surface area contributed by atoms with E-state index >= 15 is 0 Å². The van der Waals surface area contributed by atoms with E-state index in [9.17, 15) is 0 Å². The Hall–Kier alpha value is -2.76. The number of aromatic nitrogens is 1. The fraction of sp³-hybridized carbons (Fsp3) is 0.0800. The van der Waals surface area contributed by atoms with E-state index in [1.54, 1.807) is 0 Å². The third kappa shape index (κ3) is 3.56. The van der Waals surface area contributed by atoms with Crippen molar-refractivity contribution in [3.63, 3.8) is 0 Å². The van der Waals surface area contributed by atoms with E-state index in [2.05, 4.69) is 110 Å². The first-order chi connectivity index (χ1) is 13.3. The summed E-state index contributed by atoms with van der Waals surface area (Å²) in [6.45, 7) is 2.09. The summed E-state index contributed by atoms with van der Waals surface area (Å²) in [7, 11) is -2.24. The quantitative estimate of drug-likeness (QED) is 0.468. The van der Waals surface area contributed by atoms with Crippen molar-refractivity contribution in [3.05, 3.63) is 121 Å². The van der Waals surface area contributed by atoms with Gasteiger partial charge in [-0.05, 0) is 0 Å². The predicted molar refractivity (Wildman–Crippen MR) is 119 cm³/mol. The third-order valence-corrected chi connectivity index (χ3v) is 10.1. The van der Waals surface area contributed by atoms with Crippen LogP contribution in [0.15, 0.2) is 109 Å². The van der Waals surface area contributed by atoms with Gasteiger partial charge in [0.25, 0.3) is 0 Å². The molecular weight excluding hydrogens is 345 g/mol. The van der Waals surface area contributed by atoms with Gasteiger partial charge in [-0.15, -0.1) is 0 Å². The Labute approximate surface area is 162 Å². The number of pyridine rings is 1. The molecule has 0 saturated carbocycles. The molecule has 134 valence electrons. The molecule has 1 aromatic heterocycles. The van der Waals surface area contributed by atoms with Crippen LogP contribution in [0.5, 0.6) is 0 Å². The Balaban J connectivity index is 1.98. The van der Waals surface area contributed by atoms with Crippen LogP contribution in [0.25, 0.3) is 0 Å². The number of nitrogens with zero attached hydrogens (tertiary/aromatic N) is 1. The molecule has 0 atom stereocenters. The van der Waals surface area contributed by atoms with Gasteiger partial charge in [0.05, 0.1) is 0 Å². The van der Waals surface area contributed by atoms with Gasteiger partial charge in [-0.3, -0.25) is 0 Å². The Morgan fingerprint density at radius 2 is 1.04 bits per heavy atom. The van der Waals surface area contributed by atoms with Crippen LogP contribution in [-0.2, 0) is 6.16 Å². The molecule has 4 rings (SSSR count). The fourth-order valence-electron chi connectivity index (χ4n) is 3.85. The minimum absolute atomic E-state index is 0.950. The average Bonchev–Trinajstić information content (AvgIpc) is 2.75. The Bertz CT molecular complexity index is 884. The van der Waals surface area contributed by atoms with E-state index in [4.69, 9.17) is 4.98 Å². The number of benzene rings is 3. The van der Waals surface area contributed by atoms with Gasteiger partial charge in [-0.25, -0.2) is 0 Å². The summed E-state index contributed by atoms with van der Waals surface area (Å²) in [5, 5.41) is 4.26. The first-order valence-corrected chi connectivity index (χ1v) is 11.6. The summed E-state index contributed by atoms with van der Waals surface area (Å²) in [6.07, 6.45) is 2.93. The SMILES string of the molecule is Cc1ccc(C[PH](c2ccccc2)(c2ccccc2)c2ccccc2)nc1. The van der Waals surface area contributed by atoms with Crippen molar-refractivity contribution >= 4 is 23.2 Å². The van der Waals surface area contributed by atoms with E-state index in [1.807, 2.05) is 6.20 Å². The van der Waals surface area contributed by atoms with Crippen LogP contribution in [-0.4, -0.2) is 4.98 Å². The van der Waals surface area contributed by atoms with Gasteiger partial charge in [0.2, 0.25) is 0 Å². The van der Waals surface area contributed by atoms with Gasteiger partial charge in [-0.2, -0.15) is 0 Å². The number of hydrogen-bond acceptors (Lipinski definition) is 1. The molecule has 0 aliphatic heterocycles. The van der Waals surface area contributed by atoms with Crippen molar-refractivity contribution in [1.29, 1.82) is 0 Å². The summed E-state index contributed by atoms with van der Waals surface area (Å²) >= 11 is 0. The number of aryl methyl sites for hydroxylation is 1. The predicted octanol–water partition coefficient (Wildman–Crippen LogP) is 4.62. The fourth-order valence-corrected chi connectivity index (χ4v) is 8.50. The molecule has 0 N–H and O–H groups in total. The Kier molecular flexibility index (Phi) is 5.14. The zero-order valence-electron chi connectivity index (χ0n) is 15.5. The van der Waals surface area contributed by atoms with Gasteiger partial charge < -0.3 is 0 Å². The van der Waals surface area contributed by atoms with Crippen molar-refractivity contribution in [2.24, 2.45) is 0 Å². The maximum atomic E-state index is 4.77. The molecule has 0 aliphatic carbocycles. The molecule has 0 fully saturated rings. The van der Waals surface area contributed by atoms with Crippen molar-refractivity contribution in [3.8, 4) is 0 Å². The summed E-state index contributed by atoms with van der Waals surface area (Å²) in [5.74, 6) is 0. The zero-order valence-corrected chi connectivity index (χ0v) is 16.5. The first-order valence-electron chi connectivity index (χ1n) is 9.37. The summed E-state index contributed by atoms with van der Waals surface area (Å²) < 4.78 is 0. The summed E-state index contributed by atoms with van der Waals surface area (Å²) in [6, 6.07) is 37.4. The topological polar surface area (TPSA) is 12.9 Å². The second-order valence-corrected chi connectivity index (χ2v) is 10.9. The van der Waals surface area contributed by atoms with Crippen LogP contribution in [0.2, 0.25) is 0 Å². The molecule has 0 radical (unpaired) electrons. The van der Waals surface area contributed by atoms with Crippen molar-refractivity contribution < 1.29 is 0 Å². The molecule has 2 heteroatoms. The minimum atomic E-state index is -2.24. The molecule has 1 heterocycles. The maximum absolute atomic E-state index is 4.77. The van der Waals surface area contributed by atoms with Gasteiger partial charge in [-0.1, -0.05) is 0 Å². The van der Waals surface area contributed by atoms with Crippen molar-refractivity contribution in [2.75, 3.05) is 0 Å². The first kappa shape index (κ1) is 17.6. The van der Waals surface area contributed by atoms with E-state index in [-0.39, 0.29) is 0 Å². The average molecular weight is 369 g/mol. The van der Waals surface area contributed by atoms with Gasteiger partial charge in [0.1, 0.15) is 0 Å². The number of rotatable bonds is 5. The summed E-state index contributed by atoms with van der Waals surface area (Å²) in [5.41, 5.74) is 2.36. The van der Waals surface area contributed by atoms with Gasteiger partial charge in [0.15, 0.2) is 0 Å². The van der Waals surface area contributed by atoms with Gasteiger partial charge >= 0.3 is 162 Å². The van der Waals surface area contributed by atoms with Gasteiger partial charge in [0, 0.05) is 0 Å². The van der Waals surface area contributed by atoms with E-state index < -0.39 is 7.26 Å². The Morgan fingerprint density at radius 1 is 0.593 bits per heavy atom. The normalized spacial score (nSPS) is 11.9. The van der Waals surface area contributed by atoms with Crippen LogP contribution in [0.3, 0.4) is 0 Å². The van der Waals surface area contributed by atoms with Crippen LogP contribution >= 0.6 is 7.26 Å². The molecular formula is C25H24NP. The molecule has 0 saturated heterocycles. The molecule has 3 aromatic carbocycles. The molecule has 0 amide bonds. The molecule has 0 unspecified atom stereocenters.